The summed E-state index contributed by atoms with van der Waals surface area (Å²) in [5.74, 6) is -0.720. The maximum Gasteiger partial charge on any atom is 0.276 e. The summed E-state index contributed by atoms with van der Waals surface area (Å²) >= 11 is 0. The van der Waals surface area contributed by atoms with Gasteiger partial charge in [-0.25, -0.2) is 0 Å². The first-order chi connectivity index (χ1) is 12.5. The molecule has 132 valence electrons. The van der Waals surface area contributed by atoms with E-state index in [4.69, 9.17) is 4.74 Å². The Morgan fingerprint density at radius 1 is 0.962 bits per heavy atom. The number of rotatable bonds is 4. The topological polar surface area (TPSA) is 87.7 Å². The smallest absolute Gasteiger partial charge is 0.276 e. The molecular weight excluding hydrogens is 332 g/mol. The van der Waals surface area contributed by atoms with Gasteiger partial charge in [-0.3, -0.25) is 20.4 Å². The van der Waals surface area contributed by atoms with E-state index >= 15 is 0 Å². The van der Waals surface area contributed by atoms with Crippen molar-refractivity contribution in [3.8, 4) is 11.5 Å². The van der Waals surface area contributed by atoms with Gasteiger partial charge < -0.3 is 9.84 Å². The number of aromatic hydroxyl groups is 1. The highest BCUT2D eigenvalue weighted by atomic mass is 16.5. The van der Waals surface area contributed by atoms with Gasteiger partial charge in [-0.15, -0.1) is 0 Å². The van der Waals surface area contributed by atoms with Crippen molar-refractivity contribution in [3.63, 3.8) is 0 Å². The average molecular weight is 350 g/mol. The molecule has 0 aromatic heterocycles. The van der Waals surface area contributed by atoms with E-state index in [2.05, 4.69) is 10.9 Å². The van der Waals surface area contributed by atoms with Crippen LogP contribution in [0.3, 0.4) is 0 Å². The average Bonchev–Trinajstić information content (AvgIpc) is 2.64. The Labute approximate surface area is 150 Å². The minimum absolute atomic E-state index is 0.0728. The largest absolute Gasteiger partial charge is 0.507 e. The third-order valence-electron chi connectivity index (χ3n) is 3.78. The SMILES string of the molecule is Cc1cccc(OCC(=O)NNC(=O)c2cc3ccccc3cc2O)c1. The van der Waals surface area contributed by atoms with Gasteiger partial charge in [-0.05, 0) is 47.5 Å². The van der Waals surface area contributed by atoms with Gasteiger partial charge in [0.1, 0.15) is 11.5 Å². The number of carbonyl (C=O) groups is 2. The summed E-state index contributed by atoms with van der Waals surface area (Å²) in [6.07, 6.45) is 0. The van der Waals surface area contributed by atoms with Crippen molar-refractivity contribution in [1.29, 1.82) is 0 Å². The van der Waals surface area contributed by atoms with Crippen molar-refractivity contribution < 1.29 is 19.4 Å². The lowest BCUT2D eigenvalue weighted by Crippen LogP contribution is -2.43. The van der Waals surface area contributed by atoms with E-state index in [1.165, 1.54) is 6.07 Å². The Balaban J connectivity index is 1.58. The molecule has 3 aromatic rings. The van der Waals surface area contributed by atoms with Crippen molar-refractivity contribution in [2.24, 2.45) is 0 Å². The second-order valence-corrected chi connectivity index (χ2v) is 5.82. The standard InChI is InChI=1S/C20H18N2O4/c1-13-5-4-8-16(9-13)26-12-19(24)21-22-20(25)17-10-14-6-2-3-7-15(14)11-18(17)23/h2-11,23H,12H2,1H3,(H,21,24)(H,22,25). The maximum atomic E-state index is 12.2. The third kappa shape index (κ3) is 4.10. The molecule has 3 aromatic carbocycles. The van der Waals surface area contributed by atoms with E-state index in [9.17, 15) is 14.7 Å². The van der Waals surface area contributed by atoms with E-state index in [-0.39, 0.29) is 17.9 Å². The summed E-state index contributed by atoms with van der Waals surface area (Å²) in [7, 11) is 0. The van der Waals surface area contributed by atoms with Gasteiger partial charge in [-0.1, -0.05) is 36.4 Å². The number of fused-ring (bicyclic) bond motifs is 1. The first kappa shape index (κ1) is 17.3. The van der Waals surface area contributed by atoms with Crippen LogP contribution < -0.4 is 15.6 Å². The summed E-state index contributed by atoms with van der Waals surface area (Å²) in [6.45, 7) is 1.68. The summed E-state index contributed by atoms with van der Waals surface area (Å²) < 4.78 is 5.36. The molecule has 6 heteroatoms. The molecule has 0 aliphatic rings. The fraction of sp³-hybridized carbons (Fsp3) is 0.100. The second kappa shape index (κ2) is 7.57. The van der Waals surface area contributed by atoms with Crippen LogP contribution in [0.1, 0.15) is 15.9 Å². The summed E-state index contributed by atoms with van der Waals surface area (Å²) in [5, 5.41) is 11.7. The number of hydrogen-bond donors (Lipinski definition) is 3. The zero-order valence-corrected chi connectivity index (χ0v) is 14.2. The normalized spacial score (nSPS) is 10.3. The van der Waals surface area contributed by atoms with Crippen molar-refractivity contribution in [3.05, 3.63) is 71.8 Å². The van der Waals surface area contributed by atoms with Gasteiger partial charge in [0.15, 0.2) is 6.61 Å². The highest BCUT2D eigenvalue weighted by Crippen LogP contribution is 2.24. The van der Waals surface area contributed by atoms with E-state index in [1.54, 1.807) is 18.2 Å². The predicted octanol–water partition coefficient (Wildman–Crippen LogP) is 2.69. The molecule has 6 nitrogen and oxygen atoms in total. The van der Waals surface area contributed by atoms with Crippen LogP contribution >= 0.6 is 0 Å². The lowest BCUT2D eigenvalue weighted by atomic mass is 10.1. The van der Waals surface area contributed by atoms with Crippen molar-refractivity contribution in [2.45, 2.75) is 6.92 Å². The lowest BCUT2D eigenvalue weighted by Gasteiger charge is -2.10. The number of carbonyl (C=O) groups excluding carboxylic acids is 2. The second-order valence-electron chi connectivity index (χ2n) is 5.82. The number of amides is 2. The van der Waals surface area contributed by atoms with Crippen LogP contribution in [0, 0.1) is 6.92 Å². The van der Waals surface area contributed by atoms with Crippen LogP contribution in [0.25, 0.3) is 10.8 Å². The molecule has 0 fully saturated rings. The molecule has 3 rings (SSSR count). The number of ether oxygens (including phenoxy) is 1. The van der Waals surface area contributed by atoms with Crippen LogP contribution in [0.2, 0.25) is 0 Å². The predicted molar refractivity (Wildman–Crippen MR) is 97.9 cm³/mol. The van der Waals surface area contributed by atoms with Gasteiger partial charge >= 0.3 is 0 Å². The van der Waals surface area contributed by atoms with Crippen LogP contribution in [-0.4, -0.2) is 23.5 Å². The van der Waals surface area contributed by atoms with E-state index in [0.717, 1.165) is 16.3 Å². The number of benzene rings is 3. The van der Waals surface area contributed by atoms with Gasteiger partial charge in [0.2, 0.25) is 0 Å². The Morgan fingerprint density at radius 3 is 2.42 bits per heavy atom. The lowest BCUT2D eigenvalue weighted by molar-refractivity contribution is -0.123. The number of phenolic OH excluding ortho intramolecular Hbond substituents is 1. The van der Waals surface area contributed by atoms with E-state index < -0.39 is 11.8 Å². The Hall–Kier alpha value is -3.54. The molecule has 0 heterocycles. The van der Waals surface area contributed by atoms with Crippen LogP contribution in [0.5, 0.6) is 11.5 Å². The van der Waals surface area contributed by atoms with Crippen molar-refractivity contribution in [1.82, 2.24) is 10.9 Å². The molecular formula is C20H18N2O4. The molecule has 0 saturated heterocycles. The quantitative estimate of drug-likeness (QED) is 0.631. The molecule has 0 unspecified atom stereocenters. The minimum atomic E-state index is -0.614. The molecule has 2 amide bonds. The van der Waals surface area contributed by atoms with Gasteiger partial charge in [0.05, 0.1) is 5.56 Å². The molecule has 0 spiro atoms. The number of phenols is 1. The Morgan fingerprint density at radius 2 is 1.69 bits per heavy atom. The van der Waals surface area contributed by atoms with Crippen molar-refractivity contribution >= 4 is 22.6 Å². The molecule has 0 bridgehead atoms. The molecule has 0 aliphatic carbocycles. The molecule has 26 heavy (non-hydrogen) atoms. The fourth-order valence-electron chi connectivity index (χ4n) is 2.49. The molecule has 0 aliphatic heterocycles. The zero-order chi connectivity index (χ0) is 18.5. The summed E-state index contributed by atoms with van der Waals surface area (Å²) in [4.78, 5) is 24.0. The van der Waals surface area contributed by atoms with E-state index in [1.807, 2.05) is 43.3 Å². The maximum absolute atomic E-state index is 12.2. The van der Waals surface area contributed by atoms with Crippen molar-refractivity contribution in [2.75, 3.05) is 6.61 Å². The Bertz CT molecular complexity index is 969. The van der Waals surface area contributed by atoms with Crippen LogP contribution in [0.4, 0.5) is 0 Å². The van der Waals surface area contributed by atoms with Crippen LogP contribution in [-0.2, 0) is 4.79 Å². The number of nitrogens with one attached hydrogen (secondary N) is 2. The minimum Gasteiger partial charge on any atom is -0.507 e. The summed E-state index contributed by atoms with van der Waals surface area (Å²) in [6, 6.07) is 17.7. The first-order valence-corrected chi connectivity index (χ1v) is 8.03. The summed E-state index contributed by atoms with van der Waals surface area (Å²) in [5.41, 5.74) is 5.63. The number of hydrogen-bond acceptors (Lipinski definition) is 4. The van der Waals surface area contributed by atoms with Gasteiger partial charge in [0.25, 0.3) is 11.8 Å². The monoisotopic (exact) mass is 350 g/mol. The molecule has 0 saturated carbocycles. The highest BCUT2D eigenvalue weighted by molar-refractivity contribution is 6.02. The highest BCUT2D eigenvalue weighted by Gasteiger charge is 2.13. The van der Waals surface area contributed by atoms with Crippen LogP contribution in [0.15, 0.2) is 60.7 Å². The third-order valence-corrected chi connectivity index (χ3v) is 3.78. The number of aryl methyl sites for hydroxylation is 1. The molecule has 0 radical (unpaired) electrons. The zero-order valence-electron chi connectivity index (χ0n) is 14.2. The van der Waals surface area contributed by atoms with Gasteiger partial charge in [0, 0.05) is 0 Å². The Kier molecular flexibility index (Phi) is 5.03. The molecule has 0 atom stereocenters. The first-order valence-electron chi connectivity index (χ1n) is 8.03. The van der Waals surface area contributed by atoms with Gasteiger partial charge in [-0.2, -0.15) is 0 Å². The number of hydrazine groups is 1. The molecule has 3 N–H and O–H groups in total. The van der Waals surface area contributed by atoms with E-state index in [0.29, 0.717) is 5.75 Å². The fourth-order valence-corrected chi connectivity index (χ4v) is 2.49.